The third kappa shape index (κ3) is 4.28. The number of carbonyl (C=O) groups excluding carboxylic acids is 1. The molecule has 2 heterocycles. The van der Waals surface area contributed by atoms with E-state index < -0.39 is 5.97 Å². The predicted octanol–water partition coefficient (Wildman–Crippen LogP) is 4.32. The zero-order chi connectivity index (χ0) is 22.0. The van der Waals surface area contributed by atoms with Crippen molar-refractivity contribution in [3.05, 3.63) is 56.4 Å². The van der Waals surface area contributed by atoms with E-state index in [0.717, 1.165) is 11.3 Å². The highest BCUT2D eigenvalue weighted by atomic mass is 32.1. The lowest BCUT2D eigenvalue weighted by Crippen LogP contribution is -2.26. The summed E-state index contributed by atoms with van der Waals surface area (Å²) in [7, 11) is 0. The Morgan fingerprint density at radius 3 is 2.57 bits per heavy atom. The second-order valence-electron chi connectivity index (χ2n) is 7.58. The molecule has 1 amide bonds. The Labute approximate surface area is 178 Å². The fourth-order valence-electron chi connectivity index (χ4n) is 3.39. The van der Waals surface area contributed by atoms with E-state index >= 15 is 0 Å². The second kappa shape index (κ2) is 8.79. The van der Waals surface area contributed by atoms with Crippen LogP contribution >= 0.6 is 11.3 Å². The van der Waals surface area contributed by atoms with Crippen LogP contribution in [0.4, 0.5) is 5.69 Å². The van der Waals surface area contributed by atoms with Gasteiger partial charge in [-0.2, -0.15) is 0 Å². The smallest absolute Gasteiger partial charge is 0.303 e. The van der Waals surface area contributed by atoms with E-state index in [4.69, 9.17) is 5.11 Å². The van der Waals surface area contributed by atoms with Gasteiger partial charge in [-0.15, -0.1) is 11.3 Å². The average molecular weight is 428 g/mol. The number of fused-ring (bicyclic) bond motifs is 1. The first kappa shape index (κ1) is 21.7. The summed E-state index contributed by atoms with van der Waals surface area (Å²) in [5, 5.41) is 12.3. The maximum Gasteiger partial charge on any atom is 0.303 e. The number of nitrogens with one attached hydrogen (secondary N) is 1. The van der Waals surface area contributed by atoms with Gasteiger partial charge >= 0.3 is 5.97 Å². The van der Waals surface area contributed by atoms with Crippen LogP contribution in [0.3, 0.4) is 0 Å². The summed E-state index contributed by atoms with van der Waals surface area (Å²) in [5.41, 5.74) is 2.05. The molecule has 0 bridgehead atoms. The van der Waals surface area contributed by atoms with Gasteiger partial charge in [-0.25, -0.2) is 4.98 Å². The van der Waals surface area contributed by atoms with Crippen LogP contribution in [0.25, 0.3) is 10.2 Å². The highest BCUT2D eigenvalue weighted by molar-refractivity contribution is 7.20. The number of amides is 1. The van der Waals surface area contributed by atoms with Crippen molar-refractivity contribution >= 4 is 39.1 Å². The Kier molecular flexibility index (Phi) is 6.36. The number of carbonyl (C=O) groups is 2. The summed E-state index contributed by atoms with van der Waals surface area (Å²) in [4.78, 5) is 42.7. The zero-order valence-electron chi connectivity index (χ0n) is 17.5. The normalized spacial score (nSPS) is 11.2. The molecule has 0 aliphatic carbocycles. The quantitative estimate of drug-likeness (QED) is 0.585. The molecule has 2 aromatic heterocycles. The summed E-state index contributed by atoms with van der Waals surface area (Å²) >= 11 is 1.21. The van der Waals surface area contributed by atoms with Gasteiger partial charge in [-0.05, 0) is 37.5 Å². The minimum absolute atomic E-state index is 0.0152. The average Bonchev–Trinajstić information content (AvgIpc) is 3.01. The van der Waals surface area contributed by atoms with Crippen molar-refractivity contribution in [1.29, 1.82) is 0 Å². The SMILES string of the molecule is Cc1ccccc1NC(=O)c1sc2nc(C(C)C)n(CCCC(=O)O)c(=O)c2c1C. The molecule has 0 spiro atoms. The molecule has 3 aromatic rings. The number of hydrogen-bond acceptors (Lipinski definition) is 5. The van der Waals surface area contributed by atoms with Crippen LogP contribution in [0.1, 0.15) is 59.2 Å². The molecule has 0 aliphatic heterocycles. The fourth-order valence-corrected chi connectivity index (χ4v) is 4.46. The number of benzene rings is 1. The van der Waals surface area contributed by atoms with E-state index in [2.05, 4.69) is 10.3 Å². The van der Waals surface area contributed by atoms with Crippen molar-refractivity contribution in [2.45, 2.75) is 53.0 Å². The molecule has 158 valence electrons. The Morgan fingerprint density at radius 2 is 1.93 bits per heavy atom. The monoisotopic (exact) mass is 427 g/mol. The van der Waals surface area contributed by atoms with Crippen molar-refractivity contribution in [3.63, 3.8) is 0 Å². The minimum Gasteiger partial charge on any atom is -0.481 e. The predicted molar refractivity (Wildman–Crippen MR) is 119 cm³/mol. The van der Waals surface area contributed by atoms with Gasteiger partial charge in [0.15, 0.2) is 0 Å². The molecule has 0 saturated heterocycles. The number of carboxylic acid groups (broad SMARTS) is 1. The Hall–Kier alpha value is -3.00. The van der Waals surface area contributed by atoms with E-state index in [1.807, 2.05) is 45.0 Å². The number of aliphatic carboxylic acids is 1. The number of anilines is 1. The van der Waals surface area contributed by atoms with Crippen molar-refractivity contribution < 1.29 is 14.7 Å². The van der Waals surface area contributed by atoms with Crippen LogP contribution in [0, 0.1) is 13.8 Å². The molecule has 3 rings (SSSR count). The van der Waals surface area contributed by atoms with Gasteiger partial charge < -0.3 is 10.4 Å². The van der Waals surface area contributed by atoms with E-state index in [-0.39, 0.29) is 30.3 Å². The number of aryl methyl sites for hydroxylation is 2. The molecule has 0 atom stereocenters. The molecule has 0 unspecified atom stereocenters. The van der Waals surface area contributed by atoms with Gasteiger partial charge in [0.1, 0.15) is 10.7 Å². The van der Waals surface area contributed by atoms with Gasteiger partial charge in [-0.3, -0.25) is 19.0 Å². The van der Waals surface area contributed by atoms with E-state index in [1.165, 1.54) is 11.3 Å². The molecule has 0 radical (unpaired) electrons. The zero-order valence-corrected chi connectivity index (χ0v) is 18.3. The molecule has 30 heavy (non-hydrogen) atoms. The van der Waals surface area contributed by atoms with Gasteiger partial charge in [0.2, 0.25) is 0 Å². The largest absolute Gasteiger partial charge is 0.481 e. The van der Waals surface area contributed by atoms with Crippen LogP contribution in [-0.2, 0) is 11.3 Å². The van der Waals surface area contributed by atoms with Gasteiger partial charge in [0.05, 0.1) is 10.3 Å². The topological polar surface area (TPSA) is 101 Å². The first-order valence-corrected chi connectivity index (χ1v) is 10.6. The molecule has 0 fully saturated rings. The van der Waals surface area contributed by atoms with Gasteiger partial charge in [-0.1, -0.05) is 32.0 Å². The number of hydrogen-bond donors (Lipinski definition) is 2. The lowest BCUT2D eigenvalue weighted by molar-refractivity contribution is -0.137. The summed E-state index contributed by atoms with van der Waals surface area (Å²) in [6, 6.07) is 7.51. The van der Waals surface area contributed by atoms with E-state index in [9.17, 15) is 14.4 Å². The summed E-state index contributed by atoms with van der Waals surface area (Å²) in [6.07, 6.45) is 0.320. The van der Waals surface area contributed by atoms with Crippen LogP contribution in [0.5, 0.6) is 0 Å². The summed E-state index contributed by atoms with van der Waals surface area (Å²) < 4.78 is 1.55. The van der Waals surface area contributed by atoms with Crippen molar-refractivity contribution in [2.75, 3.05) is 5.32 Å². The number of aromatic nitrogens is 2. The van der Waals surface area contributed by atoms with Gasteiger partial charge in [0, 0.05) is 24.6 Å². The molecule has 8 heteroatoms. The summed E-state index contributed by atoms with van der Waals surface area (Å²) in [6.45, 7) is 7.83. The Morgan fingerprint density at radius 1 is 1.23 bits per heavy atom. The first-order chi connectivity index (χ1) is 14.2. The standard InChI is InChI=1S/C22H25N3O4S/c1-12(2)19-24-21-17(22(29)25(19)11-7-10-16(26)27)14(4)18(30-21)20(28)23-15-9-6-5-8-13(15)3/h5-6,8-9,12H,7,10-11H2,1-4H3,(H,23,28)(H,26,27). The maximum atomic E-state index is 13.2. The second-order valence-corrected chi connectivity index (χ2v) is 8.58. The van der Waals surface area contributed by atoms with Gasteiger partial charge in [0.25, 0.3) is 11.5 Å². The number of nitrogens with zero attached hydrogens (tertiary/aromatic N) is 2. The highest BCUT2D eigenvalue weighted by Crippen LogP contribution is 2.29. The fraction of sp³-hybridized carbons (Fsp3) is 0.364. The molecular weight excluding hydrogens is 402 g/mol. The number of carboxylic acids is 1. The molecule has 2 N–H and O–H groups in total. The lowest BCUT2D eigenvalue weighted by atomic mass is 10.1. The van der Waals surface area contributed by atoms with Crippen LogP contribution in [0.2, 0.25) is 0 Å². The summed E-state index contributed by atoms with van der Waals surface area (Å²) in [5.74, 6) is -0.582. The molecular formula is C22H25N3O4S. The third-order valence-electron chi connectivity index (χ3n) is 4.97. The molecule has 7 nitrogen and oxygen atoms in total. The third-order valence-corrected chi connectivity index (χ3v) is 6.15. The highest BCUT2D eigenvalue weighted by Gasteiger charge is 2.22. The molecule has 0 saturated carbocycles. The Balaban J connectivity index is 2.05. The number of thiophene rings is 1. The van der Waals surface area contributed by atoms with E-state index in [1.54, 1.807) is 11.5 Å². The van der Waals surface area contributed by atoms with Crippen LogP contribution < -0.4 is 10.9 Å². The maximum absolute atomic E-state index is 13.2. The number of para-hydroxylation sites is 1. The Bertz CT molecular complexity index is 1180. The minimum atomic E-state index is -0.898. The van der Waals surface area contributed by atoms with Crippen molar-refractivity contribution in [3.8, 4) is 0 Å². The van der Waals surface area contributed by atoms with Crippen LogP contribution in [0.15, 0.2) is 29.1 Å². The lowest BCUT2D eigenvalue weighted by Gasteiger charge is -2.14. The van der Waals surface area contributed by atoms with Crippen molar-refractivity contribution in [2.24, 2.45) is 0 Å². The number of rotatable bonds is 7. The molecule has 0 aliphatic rings. The van der Waals surface area contributed by atoms with E-state index in [0.29, 0.717) is 32.9 Å². The molecule has 1 aromatic carbocycles. The van der Waals surface area contributed by atoms with Crippen LogP contribution in [-0.4, -0.2) is 26.5 Å². The first-order valence-electron chi connectivity index (χ1n) is 9.83. The van der Waals surface area contributed by atoms with Crippen molar-refractivity contribution in [1.82, 2.24) is 9.55 Å².